The van der Waals surface area contributed by atoms with Gasteiger partial charge in [-0.1, -0.05) is 36.4 Å². The number of methoxy groups -OCH3 is 4. The molecule has 0 radical (unpaired) electrons. The third-order valence-corrected chi connectivity index (χ3v) is 5.67. The average molecular weight is 405 g/mol. The average Bonchev–Trinajstić information content (AvgIpc) is 2.82. The van der Waals surface area contributed by atoms with Gasteiger partial charge in [0.2, 0.25) is 0 Å². The molecule has 1 atom stereocenters. The summed E-state index contributed by atoms with van der Waals surface area (Å²) in [6, 6.07) is 18.3. The van der Waals surface area contributed by atoms with Gasteiger partial charge in [-0.3, -0.25) is 0 Å². The molecule has 0 saturated heterocycles. The molecule has 4 rings (SSSR count). The molecule has 1 heterocycles. The SMILES string of the molecule is COc1cc(C2NCCc3c2ccc(OC)c3OC)c(OC)cc1-c1ccccc1. The van der Waals surface area contributed by atoms with Gasteiger partial charge in [0.1, 0.15) is 11.5 Å². The van der Waals surface area contributed by atoms with Gasteiger partial charge < -0.3 is 24.3 Å². The van der Waals surface area contributed by atoms with Crippen LogP contribution >= 0.6 is 0 Å². The Kier molecular flexibility index (Phi) is 5.81. The van der Waals surface area contributed by atoms with Crippen molar-refractivity contribution in [2.45, 2.75) is 12.5 Å². The van der Waals surface area contributed by atoms with E-state index < -0.39 is 0 Å². The predicted molar refractivity (Wildman–Crippen MR) is 118 cm³/mol. The Morgan fingerprint density at radius 2 is 1.47 bits per heavy atom. The second-order valence-electron chi connectivity index (χ2n) is 7.17. The molecule has 3 aromatic rings. The number of hydrogen-bond acceptors (Lipinski definition) is 5. The minimum atomic E-state index is -0.0396. The molecule has 1 unspecified atom stereocenters. The zero-order valence-electron chi connectivity index (χ0n) is 17.8. The Morgan fingerprint density at radius 1 is 0.733 bits per heavy atom. The molecule has 1 aliphatic rings. The third kappa shape index (κ3) is 3.46. The smallest absolute Gasteiger partial charge is 0.164 e. The van der Waals surface area contributed by atoms with Gasteiger partial charge in [-0.25, -0.2) is 0 Å². The molecule has 5 heteroatoms. The zero-order valence-corrected chi connectivity index (χ0v) is 17.8. The largest absolute Gasteiger partial charge is 0.496 e. The molecule has 0 amide bonds. The normalized spacial score (nSPS) is 15.3. The van der Waals surface area contributed by atoms with Crippen LogP contribution in [0.15, 0.2) is 54.6 Å². The Hall–Kier alpha value is -3.18. The summed E-state index contributed by atoms with van der Waals surface area (Å²) in [4.78, 5) is 0. The zero-order chi connectivity index (χ0) is 21.1. The molecule has 0 bridgehead atoms. The van der Waals surface area contributed by atoms with E-state index >= 15 is 0 Å². The van der Waals surface area contributed by atoms with Crippen LogP contribution in [0, 0.1) is 0 Å². The van der Waals surface area contributed by atoms with Crippen molar-refractivity contribution >= 4 is 0 Å². The summed E-state index contributed by atoms with van der Waals surface area (Å²) in [6.07, 6.45) is 0.869. The first-order chi connectivity index (χ1) is 14.7. The predicted octanol–water partition coefficient (Wildman–Crippen LogP) is 4.62. The lowest BCUT2D eigenvalue weighted by molar-refractivity contribution is 0.347. The second kappa shape index (κ2) is 8.67. The van der Waals surface area contributed by atoms with Gasteiger partial charge in [-0.05, 0) is 35.7 Å². The van der Waals surface area contributed by atoms with E-state index in [1.54, 1.807) is 28.4 Å². The van der Waals surface area contributed by atoms with Gasteiger partial charge in [0, 0.05) is 23.2 Å². The van der Waals surface area contributed by atoms with Gasteiger partial charge in [-0.2, -0.15) is 0 Å². The summed E-state index contributed by atoms with van der Waals surface area (Å²) < 4.78 is 22.8. The summed E-state index contributed by atoms with van der Waals surface area (Å²) in [5, 5.41) is 3.63. The van der Waals surface area contributed by atoms with Crippen LogP contribution in [0.25, 0.3) is 11.1 Å². The van der Waals surface area contributed by atoms with Gasteiger partial charge in [-0.15, -0.1) is 0 Å². The number of ether oxygens (including phenoxy) is 4. The van der Waals surface area contributed by atoms with Crippen LogP contribution in [0.1, 0.15) is 22.7 Å². The topological polar surface area (TPSA) is 49.0 Å². The highest BCUT2D eigenvalue weighted by Gasteiger charge is 2.29. The van der Waals surface area contributed by atoms with E-state index in [4.69, 9.17) is 18.9 Å². The van der Waals surface area contributed by atoms with Crippen LogP contribution < -0.4 is 24.3 Å². The molecule has 0 fully saturated rings. The van der Waals surface area contributed by atoms with E-state index in [1.165, 1.54) is 0 Å². The van der Waals surface area contributed by atoms with Crippen LogP contribution in [-0.2, 0) is 6.42 Å². The summed E-state index contributed by atoms with van der Waals surface area (Å²) >= 11 is 0. The molecule has 3 aromatic carbocycles. The number of benzene rings is 3. The molecule has 30 heavy (non-hydrogen) atoms. The minimum Gasteiger partial charge on any atom is -0.496 e. The van der Waals surface area contributed by atoms with Crippen molar-refractivity contribution < 1.29 is 18.9 Å². The molecule has 0 spiro atoms. The van der Waals surface area contributed by atoms with E-state index in [-0.39, 0.29) is 6.04 Å². The lowest BCUT2D eigenvalue weighted by atomic mass is 9.87. The van der Waals surface area contributed by atoms with Crippen molar-refractivity contribution in [3.05, 3.63) is 71.3 Å². The highest BCUT2D eigenvalue weighted by molar-refractivity contribution is 5.74. The van der Waals surface area contributed by atoms with E-state index in [1.807, 2.05) is 24.3 Å². The monoisotopic (exact) mass is 405 g/mol. The highest BCUT2D eigenvalue weighted by Crippen LogP contribution is 2.44. The van der Waals surface area contributed by atoms with Crippen molar-refractivity contribution in [3.8, 4) is 34.1 Å². The highest BCUT2D eigenvalue weighted by atomic mass is 16.5. The molecular formula is C25H27NO4. The van der Waals surface area contributed by atoms with Gasteiger partial charge in [0.05, 0.1) is 34.5 Å². The van der Waals surface area contributed by atoms with E-state index in [0.717, 1.165) is 63.8 Å². The molecule has 0 aliphatic carbocycles. The van der Waals surface area contributed by atoms with Crippen molar-refractivity contribution in [2.75, 3.05) is 35.0 Å². The van der Waals surface area contributed by atoms with Crippen LogP contribution in [0.5, 0.6) is 23.0 Å². The minimum absolute atomic E-state index is 0.0396. The van der Waals surface area contributed by atoms with Crippen molar-refractivity contribution in [1.82, 2.24) is 5.32 Å². The van der Waals surface area contributed by atoms with Crippen molar-refractivity contribution in [3.63, 3.8) is 0 Å². The first kappa shape index (κ1) is 20.1. The molecule has 0 aromatic heterocycles. The summed E-state index contributed by atoms with van der Waals surface area (Å²) in [6.45, 7) is 0.826. The van der Waals surface area contributed by atoms with Crippen LogP contribution in [-0.4, -0.2) is 35.0 Å². The van der Waals surface area contributed by atoms with Gasteiger partial charge in [0.15, 0.2) is 11.5 Å². The Bertz CT molecular complexity index is 1030. The molecule has 156 valence electrons. The Morgan fingerprint density at radius 3 is 2.13 bits per heavy atom. The maximum absolute atomic E-state index is 5.83. The van der Waals surface area contributed by atoms with Gasteiger partial charge in [0.25, 0.3) is 0 Å². The summed E-state index contributed by atoms with van der Waals surface area (Å²) in [5.41, 5.74) is 5.44. The lowest BCUT2D eigenvalue weighted by Crippen LogP contribution is -2.31. The molecule has 0 saturated carbocycles. The van der Waals surface area contributed by atoms with Crippen LogP contribution in [0.3, 0.4) is 0 Å². The second-order valence-corrected chi connectivity index (χ2v) is 7.17. The summed E-state index contributed by atoms with van der Waals surface area (Å²) in [7, 11) is 6.76. The molecular weight excluding hydrogens is 378 g/mol. The quantitative estimate of drug-likeness (QED) is 0.648. The van der Waals surface area contributed by atoms with Crippen molar-refractivity contribution in [1.29, 1.82) is 0 Å². The van der Waals surface area contributed by atoms with E-state index in [0.29, 0.717) is 0 Å². The first-order valence-corrected chi connectivity index (χ1v) is 10.00. The maximum Gasteiger partial charge on any atom is 0.164 e. The maximum atomic E-state index is 5.83. The summed E-state index contributed by atoms with van der Waals surface area (Å²) in [5.74, 6) is 3.18. The van der Waals surface area contributed by atoms with E-state index in [9.17, 15) is 0 Å². The van der Waals surface area contributed by atoms with Crippen molar-refractivity contribution in [2.24, 2.45) is 0 Å². The van der Waals surface area contributed by atoms with Crippen LogP contribution in [0.2, 0.25) is 0 Å². The fraction of sp³-hybridized carbons (Fsp3) is 0.280. The number of rotatable bonds is 6. The molecule has 1 N–H and O–H groups in total. The van der Waals surface area contributed by atoms with E-state index in [2.05, 4.69) is 35.6 Å². The molecule has 1 aliphatic heterocycles. The Balaban J connectivity index is 1.86. The van der Waals surface area contributed by atoms with Crippen LogP contribution in [0.4, 0.5) is 0 Å². The molecule has 5 nitrogen and oxygen atoms in total. The first-order valence-electron chi connectivity index (χ1n) is 10.00. The third-order valence-electron chi connectivity index (χ3n) is 5.67. The number of hydrogen-bond donors (Lipinski definition) is 1. The Labute approximate surface area is 177 Å². The fourth-order valence-corrected chi connectivity index (χ4v) is 4.25. The van der Waals surface area contributed by atoms with Gasteiger partial charge >= 0.3 is 0 Å². The lowest BCUT2D eigenvalue weighted by Gasteiger charge is -2.30. The fourth-order valence-electron chi connectivity index (χ4n) is 4.25. The number of nitrogens with one attached hydrogen (secondary N) is 1. The standard InChI is InChI=1S/C25H27NO4/c1-27-21-11-10-17-18(25(21)30-4)12-13-26-24(17)20-15-22(28-2)19(14-23(20)29-3)16-8-6-5-7-9-16/h5-11,14-15,24,26H,12-13H2,1-4H3. The number of fused-ring (bicyclic) bond motifs is 1.